The molecule has 0 fully saturated rings. The van der Waals surface area contributed by atoms with Crippen molar-refractivity contribution < 1.29 is 0 Å². The van der Waals surface area contributed by atoms with E-state index < -0.39 is 0 Å². The van der Waals surface area contributed by atoms with Crippen LogP contribution >= 0.6 is 46.3 Å². The highest BCUT2D eigenvalue weighted by Crippen LogP contribution is 2.31. The van der Waals surface area contributed by atoms with Crippen LogP contribution in [0.25, 0.3) is 15.5 Å². The zero-order valence-electron chi connectivity index (χ0n) is 10.5. The van der Waals surface area contributed by atoms with Gasteiger partial charge in [0.15, 0.2) is 5.82 Å². The number of benzene rings is 1. The topological polar surface area (TPSA) is 43.1 Å². The molecule has 0 atom stereocenters. The lowest BCUT2D eigenvalue weighted by Crippen LogP contribution is -1.94. The molecule has 0 saturated carbocycles. The van der Waals surface area contributed by atoms with E-state index in [9.17, 15) is 0 Å². The zero-order valence-corrected chi connectivity index (χ0v) is 13.7. The van der Waals surface area contributed by atoms with E-state index in [1.165, 1.54) is 11.3 Å². The monoisotopic (exact) mass is 344 g/mol. The van der Waals surface area contributed by atoms with Gasteiger partial charge in [-0.05, 0) is 17.9 Å². The summed E-state index contributed by atoms with van der Waals surface area (Å²) in [5, 5.41) is 14.8. The highest BCUT2D eigenvalue weighted by molar-refractivity contribution is 7.98. The van der Waals surface area contributed by atoms with Gasteiger partial charge in [-0.1, -0.05) is 47.5 Å². The van der Waals surface area contributed by atoms with Crippen molar-refractivity contribution >= 4 is 51.3 Å². The maximum Gasteiger partial charge on any atom is 0.235 e. The summed E-state index contributed by atoms with van der Waals surface area (Å²) >= 11 is 15.3. The Hall–Kier alpha value is -0.820. The molecular formula is C12H10Cl2N4S2. The largest absolute Gasteiger partial charge is 0.235 e. The Balaban J connectivity index is 2.00. The first-order valence-corrected chi connectivity index (χ1v) is 8.66. The fourth-order valence-corrected chi connectivity index (χ4v) is 3.41. The number of thioether (sulfide) groups is 1. The van der Waals surface area contributed by atoms with Gasteiger partial charge in [-0.3, -0.25) is 0 Å². The SMILES string of the molecule is CCSCc1nnc2sc(-c3ccc(Cl)c(Cl)c3)nn12. The van der Waals surface area contributed by atoms with Crippen molar-refractivity contribution in [3.8, 4) is 10.6 Å². The molecule has 20 heavy (non-hydrogen) atoms. The predicted octanol–water partition coefficient (Wildman–Crippen LogP) is 4.41. The predicted molar refractivity (Wildman–Crippen MR) is 86.0 cm³/mol. The highest BCUT2D eigenvalue weighted by atomic mass is 35.5. The lowest BCUT2D eigenvalue weighted by atomic mass is 10.2. The minimum atomic E-state index is 0.525. The second kappa shape index (κ2) is 5.89. The van der Waals surface area contributed by atoms with Crippen LogP contribution in [0.4, 0.5) is 0 Å². The fraction of sp³-hybridized carbons (Fsp3) is 0.250. The average Bonchev–Trinajstić information content (AvgIpc) is 3.00. The first kappa shape index (κ1) is 14.1. The third kappa shape index (κ3) is 2.65. The molecule has 0 spiro atoms. The lowest BCUT2D eigenvalue weighted by molar-refractivity contribution is 0.887. The summed E-state index contributed by atoms with van der Waals surface area (Å²) in [6, 6.07) is 5.49. The smallest absolute Gasteiger partial charge is 0.186 e. The number of rotatable bonds is 4. The van der Waals surface area contributed by atoms with Crippen LogP contribution in [0, 0.1) is 0 Å². The maximum absolute atomic E-state index is 6.04. The van der Waals surface area contributed by atoms with Gasteiger partial charge in [0, 0.05) is 5.56 Å². The Morgan fingerprint density at radius 3 is 2.85 bits per heavy atom. The molecule has 0 N–H and O–H groups in total. The fourth-order valence-electron chi connectivity index (χ4n) is 1.69. The molecule has 0 saturated heterocycles. The van der Waals surface area contributed by atoms with Crippen molar-refractivity contribution in [2.45, 2.75) is 12.7 Å². The van der Waals surface area contributed by atoms with Gasteiger partial charge in [0.25, 0.3) is 0 Å². The number of nitrogens with zero attached hydrogens (tertiary/aromatic N) is 4. The van der Waals surface area contributed by atoms with Crippen LogP contribution in [0.15, 0.2) is 18.2 Å². The summed E-state index contributed by atoms with van der Waals surface area (Å²) in [5.41, 5.74) is 0.934. The molecule has 4 nitrogen and oxygen atoms in total. The summed E-state index contributed by atoms with van der Waals surface area (Å²) in [7, 11) is 0. The van der Waals surface area contributed by atoms with Gasteiger partial charge >= 0.3 is 0 Å². The Bertz CT molecular complexity index is 753. The summed E-state index contributed by atoms with van der Waals surface area (Å²) in [6.07, 6.45) is 0. The number of hydrogen-bond acceptors (Lipinski definition) is 5. The molecule has 3 rings (SSSR count). The van der Waals surface area contributed by atoms with Gasteiger partial charge in [-0.25, -0.2) is 0 Å². The second-order valence-electron chi connectivity index (χ2n) is 3.98. The van der Waals surface area contributed by atoms with Crippen LogP contribution in [0.5, 0.6) is 0 Å². The van der Waals surface area contributed by atoms with Crippen molar-refractivity contribution in [1.82, 2.24) is 19.8 Å². The van der Waals surface area contributed by atoms with E-state index >= 15 is 0 Å². The molecule has 2 aromatic heterocycles. The van der Waals surface area contributed by atoms with E-state index in [1.807, 2.05) is 12.1 Å². The van der Waals surface area contributed by atoms with Gasteiger partial charge in [0.2, 0.25) is 4.96 Å². The molecule has 0 unspecified atom stereocenters. The Morgan fingerprint density at radius 2 is 2.10 bits per heavy atom. The van der Waals surface area contributed by atoms with Crippen LogP contribution in [-0.4, -0.2) is 25.6 Å². The van der Waals surface area contributed by atoms with E-state index in [0.717, 1.165) is 32.9 Å². The van der Waals surface area contributed by atoms with E-state index in [2.05, 4.69) is 22.2 Å². The van der Waals surface area contributed by atoms with Gasteiger partial charge in [0.05, 0.1) is 15.8 Å². The summed E-state index contributed by atoms with van der Waals surface area (Å²) in [6.45, 7) is 2.12. The standard InChI is InChI=1S/C12H10Cl2N4S2/c1-2-19-6-10-15-16-12-18(10)17-11(20-12)7-3-4-8(13)9(14)5-7/h3-5H,2,6H2,1H3. The number of halogens is 2. The van der Waals surface area contributed by atoms with Crippen LogP contribution < -0.4 is 0 Å². The molecule has 0 aliphatic carbocycles. The van der Waals surface area contributed by atoms with Crippen molar-refractivity contribution in [2.24, 2.45) is 0 Å². The summed E-state index contributed by atoms with van der Waals surface area (Å²) in [4.78, 5) is 0.790. The average molecular weight is 345 g/mol. The molecule has 0 radical (unpaired) electrons. The van der Waals surface area contributed by atoms with Gasteiger partial charge in [-0.2, -0.15) is 21.4 Å². The van der Waals surface area contributed by atoms with E-state index in [0.29, 0.717) is 10.0 Å². The summed E-state index contributed by atoms with van der Waals surface area (Å²) in [5.74, 6) is 2.72. The van der Waals surface area contributed by atoms with Gasteiger partial charge in [-0.15, -0.1) is 10.2 Å². The molecular weight excluding hydrogens is 335 g/mol. The number of fused-ring (bicyclic) bond motifs is 1. The Morgan fingerprint density at radius 1 is 1.25 bits per heavy atom. The van der Waals surface area contributed by atoms with Crippen molar-refractivity contribution in [3.63, 3.8) is 0 Å². The van der Waals surface area contributed by atoms with Crippen LogP contribution in [-0.2, 0) is 5.75 Å². The van der Waals surface area contributed by atoms with Crippen molar-refractivity contribution in [2.75, 3.05) is 5.75 Å². The first-order chi connectivity index (χ1) is 9.69. The normalized spacial score (nSPS) is 11.3. The molecule has 0 aliphatic rings. The van der Waals surface area contributed by atoms with Crippen LogP contribution in [0.1, 0.15) is 12.7 Å². The molecule has 0 bridgehead atoms. The van der Waals surface area contributed by atoms with Crippen molar-refractivity contribution in [1.29, 1.82) is 0 Å². The molecule has 0 amide bonds. The summed E-state index contributed by atoms with van der Waals surface area (Å²) < 4.78 is 1.80. The highest BCUT2D eigenvalue weighted by Gasteiger charge is 2.13. The minimum Gasteiger partial charge on any atom is -0.186 e. The van der Waals surface area contributed by atoms with E-state index in [-0.39, 0.29) is 0 Å². The van der Waals surface area contributed by atoms with Gasteiger partial charge in [0.1, 0.15) is 5.01 Å². The zero-order chi connectivity index (χ0) is 14.1. The number of hydrogen-bond donors (Lipinski definition) is 0. The molecule has 104 valence electrons. The van der Waals surface area contributed by atoms with Crippen LogP contribution in [0.3, 0.4) is 0 Å². The maximum atomic E-state index is 6.04. The second-order valence-corrected chi connectivity index (χ2v) is 7.03. The van der Waals surface area contributed by atoms with E-state index in [4.69, 9.17) is 23.2 Å². The van der Waals surface area contributed by atoms with Crippen LogP contribution in [0.2, 0.25) is 10.0 Å². The molecule has 3 aromatic rings. The third-order valence-corrected chi connectivity index (χ3v) is 5.21. The van der Waals surface area contributed by atoms with E-state index in [1.54, 1.807) is 22.3 Å². The van der Waals surface area contributed by atoms with Gasteiger partial charge < -0.3 is 0 Å². The molecule has 2 heterocycles. The quantitative estimate of drug-likeness (QED) is 0.702. The third-order valence-electron chi connectivity index (χ3n) is 2.66. The number of aromatic nitrogens is 4. The minimum absolute atomic E-state index is 0.525. The molecule has 8 heteroatoms. The van der Waals surface area contributed by atoms with Crippen molar-refractivity contribution in [3.05, 3.63) is 34.1 Å². The Kier molecular flexibility index (Phi) is 4.16. The lowest BCUT2D eigenvalue weighted by Gasteiger charge is -1.98. The first-order valence-electron chi connectivity index (χ1n) is 5.93. The molecule has 1 aromatic carbocycles. The molecule has 0 aliphatic heterocycles. The Labute approximate surface area is 134 Å².